The Labute approximate surface area is 118 Å². The molecule has 0 spiro atoms. The molecule has 0 saturated heterocycles. The van der Waals surface area contributed by atoms with Crippen molar-refractivity contribution in [2.75, 3.05) is 6.61 Å². The molecule has 0 bridgehead atoms. The molecule has 0 amide bonds. The highest BCUT2D eigenvalue weighted by Crippen LogP contribution is 2.24. The molecule has 1 aromatic rings. The molecule has 0 radical (unpaired) electrons. The summed E-state index contributed by atoms with van der Waals surface area (Å²) in [7, 11) is 0. The van der Waals surface area contributed by atoms with Crippen LogP contribution in [0.3, 0.4) is 0 Å². The molecule has 18 heavy (non-hydrogen) atoms. The van der Waals surface area contributed by atoms with Crippen molar-refractivity contribution in [3.05, 3.63) is 28.2 Å². The standard InChI is InChI=1S/C14H22BrNO2/c1-4-13(9-17)16-8-11-7-12(15)5-6-14(11)18-10(2)3/h5-7,10,13,16-17H,4,8-9H2,1-3H3. The molecule has 1 rings (SSSR count). The number of aliphatic hydroxyl groups excluding tert-OH is 1. The van der Waals surface area contributed by atoms with Gasteiger partial charge in [-0.05, 0) is 38.5 Å². The van der Waals surface area contributed by atoms with E-state index in [1.807, 2.05) is 26.0 Å². The van der Waals surface area contributed by atoms with Crippen LogP contribution < -0.4 is 10.1 Å². The van der Waals surface area contributed by atoms with Gasteiger partial charge in [0.05, 0.1) is 12.7 Å². The maximum absolute atomic E-state index is 9.17. The van der Waals surface area contributed by atoms with Crippen LogP contribution in [0.4, 0.5) is 0 Å². The fourth-order valence-electron chi connectivity index (χ4n) is 1.65. The lowest BCUT2D eigenvalue weighted by Gasteiger charge is -2.18. The number of halogens is 1. The smallest absolute Gasteiger partial charge is 0.124 e. The van der Waals surface area contributed by atoms with Gasteiger partial charge in [0, 0.05) is 22.6 Å². The molecule has 1 atom stereocenters. The number of nitrogens with one attached hydrogen (secondary N) is 1. The van der Waals surface area contributed by atoms with Gasteiger partial charge in [-0.2, -0.15) is 0 Å². The fourth-order valence-corrected chi connectivity index (χ4v) is 2.06. The van der Waals surface area contributed by atoms with Crippen LogP contribution in [-0.2, 0) is 6.54 Å². The van der Waals surface area contributed by atoms with E-state index in [1.165, 1.54) is 0 Å². The summed E-state index contributed by atoms with van der Waals surface area (Å²) in [5.74, 6) is 0.897. The minimum atomic E-state index is 0.135. The van der Waals surface area contributed by atoms with E-state index in [-0.39, 0.29) is 18.8 Å². The first-order valence-corrected chi connectivity index (χ1v) is 7.15. The van der Waals surface area contributed by atoms with Gasteiger partial charge in [0.15, 0.2) is 0 Å². The van der Waals surface area contributed by atoms with Crippen LogP contribution in [0.5, 0.6) is 5.75 Å². The molecule has 0 saturated carbocycles. The van der Waals surface area contributed by atoms with Crippen LogP contribution in [0.1, 0.15) is 32.8 Å². The summed E-state index contributed by atoms with van der Waals surface area (Å²) in [5, 5.41) is 12.5. The molecule has 0 aliphatic rings. The molecule has 1 aromatic carbocycles. The second-order valence-electron chi connectivity index (χ2n) is 4.59. The maximum atomic E-state index is 9.17. The van der Waals surface area contributed by atoms with Gasteiger partial charge in [0.2, 0.25) is 0 Å². The molecular formula is C14H22BrNO2. The summed E-state index contributed by atoms with van der Waals surface area (Å²) in [6.45, 7) is 6.94. The average molecular weight is 316 g/mol. The topological polar surface area (TPSA) is 41.5 Å². The second kappa shape index (κ2) is 7.77. The van der Waals surface area contributed by atoms with Gasteiger partial charge in [-0.25, -0.2) is 0 Å². The molecule has 102 valence electrons. The Hall–Kier alpha value is -0.580. The summed E-state index contributed by atoms with van der Waals surface area (Å²) in [4.78, 5) is 0. The number of hydrogen-bond donors (Lipinski definition) is 2. The molecule has 0 aliphatic carbocycles. The summed E-state index contributed by atoms with van der Waals surface area (Å²) in [6, 6.07) is 6.14. The van der Waals surface area contributed by atoms with E-state index in [0.29, 0.717) is 6.54 Å². The monoisotopic (exact) mass is 315 g/mol. The lowest BCUT2D eigenvalue weighted by Crippen LogP contribution is -2.31. The van der Waals surface area contributed by atoms with Crippen molar-refractivity contribution in [1.29, 1.82) is 0 Å². The first kappa shape index (κ1) is 15.5. The van der Waals surface area contributed by atoms with Gasteiger partial charge in [0.1, 0.15) is 5.75 Å². The van der Waals surface area contributed by atoms with Gasteiger partial charge >= 0.3 is 0 Å². The SMILES string of the molecule is CCC(CO)NCc1cc(Br)ccc1OC(C)C. The summed E-state index contributed by atoms with van der Waals surface area (Å²) < 4.78 is 6.81. The number of benzene rings is 1. The summed E-state index contributed by atoms with van der Waals surface area (Å²) in [6.07, 6.45) is 1.06. The van der Waals surface area contributed by atoms with E-state index in [0.717, 1.165) is 22.2 Å². The van der Waals surface area contributed by atoms with E-state index in [2.05, 4.69) is 34.2 Å². The highest BCUT2D eigenvalue weighted by molar-refractivity contribution is 9.10. The summed E-state index contributed by atoms with van der Waals surface area (Å²) in [5.41, 5.74) is 1.10. The number of aliphatic hydroxyl groups is 1. The van der Waals surface area contributed by atoms with E-state index in [9.17, 15) is 5.11 Å². The molecule has 0 aromatic heterocycles. The van der Waals surface area contributed by atoms with Crippen molar-refractivity contribution >= 4 is 15.9 Å². The van der Waals surface area contributed by atoms with E-state index >= 15 is 0 Å². The molecule has 0 heterocycles. The van der Waals surface area contributed by atoms with Crippen molar-refractivity contribution in [2.45, 2.75) is 45.9 Å². The third-order valence-corrected chi connectivity index (χ3v) is 3.17. The van der Waals surface area contributed by atoms with E-state index in [1.54, 1.807) is 0 Å². The predicted molar refractivity (Wildman–Crippen MR) is 77.9 cm³/mol. The van der Waals surface area contributed by atoms with Crippen molar-refractivity contribution in [2.24, 2.45) is 0 Å². The third-order valence-electron chi connectivity index (χ3n) is 2.68. The minimum absolute atomic E-state index is 0.135. The molecule has 4 heteroatoms. The Kier molecular flexibility index (Phi) is 6.68. The van der Waals surface area contributed by atoms with Crippen LogP contribution in [0, 0.1) is 0 Å². The normalized spacial score (nSPS) is 12.8. The lowest BCUT2D eigenvalue weighted by molar-refractivity contribution is 0.230. The lowest BCUT2D eigenvalue weighted by atomic mass is 10.1. The van der Waals surface area contributed by atoms with Crippen LogP contribution in [0.25, 0.3) is 0 Å². The zero-order valence-corrected chi connectivity index (χ0v) is 12.8. The molecule has 0 fully saturated rings. The van der Waals surface area contributed by atoms with E-state index in [4.69, 9.17) is 4.74 Å². The highest BCUT2D eigenvalue weighted by Gasteiger charge is 2.09. The minimum Gasteiger partial charge on any atom is -0.491 e. The van der Waals surface area contributed by atoms with Gasteiger partial charge in [-0.15, -0.1) is 0 Å². The van der Waals surface area contributed by atoms with Crippen LogP contribution >= 0.6 is 15.9 Å². The Bertz CT molecular complexity index is 365. The van der Waals surface area contributed by atoms with Gasteiger partial charge < -0.3 is 15.2 Å². The number of hydrogen-bond acceptors (Lipinski definition) is 3. The van der Waals surface area contributed by atoms with Crippen molar-refractivity contribution < 1.29 is 9.84 Å². The van der Waals surface area contributed by atoms with Crippen LogP contribution in [0.15, 0.2) is 22.7 Å². The molecule has 3 nitrogen and oxygen atoms in total. The molecule has 2 N–H and O–H groups in total. The maximum Gasteiger partial charge on any atom is 0.124 e. The largest absolute Gasteiger partial charge is 0.491 e. The van der Waals surface area contributed by atoms with Crippen molar-refractivity contribution in [1.82, 2.24) is 5.32 Å². The van der Waals surface area contributed by atoms with Crippen LogP contribution in [-0.4, -0.2) is 23.9 Å². The van der Waals surface area contributed by atoms with Gasteiger partial charge in [-0.3, -0.25) is 0 Å². The third kappa shape index (κ3) is 4.96. The fraction of sp³-hybridized carbons (Fsp3) is 0.571. The molecule has 0 aliphatic heterocycles. The Morgan fingerprint density at radius 3 is 2.67 bits per heavy atom. The number of ether oxygens (including phenoxy) is 1. The van der Waals surface area contributed by atoms with Crippen molar-refractivity contribution in [3.63, 3.8) is 0 Å². The molecule has 1 unspecified atom stereocenters. The molecular weight excluding hydrogens is 294 g/mol. The van der Waals surface area contributed by atoms with E-state index < -0.39 is 0 Å². The van der Waals surface area contributed by atoms with Crippen LogP contribution in [0.2, 0.25) is 0 Å². The van der Waals surface area contributed by atoms with Gasteiger partial charge in [-0.1, -0.05) is 22.9 Å². The highest BCUT2D eigenvalue weighted by atomic mass is 79.9. The second-order valence-corrected chi connectivity index (χ2v) is 5.50. The zero-order valence-electron chi connectivity index (χ0n) is 11.2. The Morgan fingerprint density at radius 2 is 2.11 bits per heavy atom. The Balaban J connectivity index is 2.75. The zero-order chi connectivity index (χ0) is 13.5. The first-order valence-electron chi connectivity index (χ1n) is 6.36. The quantitative estimate of drug-likeness (QED) is 0.812. The summed E-state index contributed by atoms with van der Waals surface area (Å²) >= 11 is 3.47. The average Bonchev–Trinajstić information content (AvgIpc) is 2.33. The van der Waals surface area contributed by atoms with Crippen molar-refractivity contribution in [3.8, 4) is 5.75 Å². The predicted octanol–water partition coefficient (Wildman–Crippen LogP) is 3.10. The Morgan fingerprint density at radius 1 is 1.39 bits per heavy atom. The number of rotatable bonds is 7. The van der Waals surface area contributed by atoms with Gasteiger partial charge in [0.25, 0.3) is 0 Å². The first-order chi connectivity index (χ1) is 8.56.